The third kappa shape index (κ3) is 6.75. The van der Waals surface area contributed by atoms with E-state index in [4.69, 9.17) is 4.74 Å². The lowest BCUT2D eigenvalue weighted by atomic mass is 10.1. The summed E-state index contributed by atoms with van der Waals surface area (Å²) in [5.41, 5.74) is 1.24. The lowest BCUT2D eigenvalue weighted by Crippen LogP contribution is -2.40. The van der Waals surface area contributed by atoms with Crippen LogP contribution in [0.5, 0.6) is 0 Å². The van der Waals surface area contributed by atoms with Crippen LogP contribution in [0.4, 0.5) is 0 Å². The van der Waals surface area contributed by atoms with Crippen LogP contribution in [0, 0.1) is 0 Å². The number of allylic oxidation sites excluding steroid dienone is 1. The van der Waals surface area contributed by atoms with Gasteiger partial charge in [-0.05, 0) is 39.2 Å². The fraction of sp³-hybridized carbons (Fsp3) is 0.412. The largest absolute Gasteiger partial charge is 0.449 e. The van der Waals surface area contributed by atoms with Crippen molar-refractivity contribution in [2.45, 2.75) is 45.8 Å². The van der Waals surface area contributed by atoms with Crippen LogP contribution in [0.1, 0.15) is 32.8 Å². The van der Waals surface area contributed by atoms with Gasteiger partial charge in [0, 0.05) is 12.1 Å². The summed E-state index contributed by atoms with van der Waals surface area (Å²) < 4.78 is 4.98. The molecule has 1 aromatic carbocycles. The monoisotopic (exact) mass is 289 g/mol. The predicted molar refractivity (Wildman–Crippen MR) is 82.7 cm³/mol. The zero-order valence-electron chi connectivity index (χ0n) is 12.8. The molecule has 0 saturated carbocycles. The summed E-state index contributed by atoms with van der Waals surface area (Å²) in [6.45, 7) is 5.24. The minimum atomic E-state index is -0.784. The van der Waals surface area contributed by atoms with Gasteiger partial charge in [-0.3, -0.25) is 4.79 Å². The fourth-order valence-electron chi connectivity index (χ4n) is 1.86. The zero-order valence-corrected chi connectivity index (χ0v) is 12.8. The van der Waals surface area contributed by atoms with Crippen molar-refractivity contribution in [1.82, 2.24) is 5.32 Å². The number of nitrogens with one attached hydrogen (secondary N) is 1. The van der Waals surface area contributed by atoms with Gasteiger partial charge in [0.25, 0.3) is 5.91 Å². The summed E-state index contributed by atoms with van der Waals surface area (Å²) in [4.78, 5) is 23.2. The van der Waals surface area contributed by atoms with Gasteiger partial charge in [0.1, 0.15) is 0 Å². The van der Waals surface area contributed by atoms with Gasteiger partial charge in [-0.15, -0.1) is 0 Å². The molecule has 4 heteroatoms. The van der Waals surface area contributed by atoms with Crippen molar-refractivity contribution in [2.75, 3.05) is 0 Å². The van der Waals surface area contributed by atoms with Crippen molar-refractivity contribution in [2.24, 2.45) is 0 Å². The van der Waals surface area contributed by atoms with E-state index in [1.54, 1.807) is 19.9 Å². The first-order valence-corrected chi connectivity index (χ1v) is 7.20. The topological polar surface area (TPSA) is 55.4 Å². The fourth-order valence-corrected chi connectivity index (χ4v) is 1.86. The van der Waals surface area contributed by atoms with Gasteiger partial charge in [-0.25, -0.2) is 4.79 Å². The molecule has 4 nitrogen and oxygen atoms in total. The lowest BCUT2D eigenvalue weighted by Gasteiger charge is -2.17. The average molecular weight is 289 g/mol. The van der Waals surface area contributed by atoms with Gasteiger partial charge < -0.3 is 10.1 Å². The number of benzene rings is 1. The Morgan fingerprint density at radius 1 is 1.24 bits per heavy atom. The number of carbonyl (C=O) groups excluding carboxylic acids is 2. The van der Waals surface area contributed by atoms with Crippen LogP contribution >= 0.6 is 0 Å². The molecule has 0 bridgehead atoms. The van der Waals surface area contributed by atoms with Crippen molar-refractivity contribution in [3.05, 3.63) is 48.0 Å². The van der Waals surface area contributed by atoms with Crippen molar-refractivity contribution >= 4 is 11.9 Å². The zero-order chi connectivity index (χ0) is 15.7. The first-order chi connectivity index (χ1) is 10.0. The van der Waals surface area contributed by atoms with Gasteiger partial charge in [-0.1, -0.05) is 36.4 Å². The maximum absolute atomic E-state index is 11.9. The van der Waals surface area contributed by atoms with Crippen LogP contribution in [0.3, 0.4) is 0 Å². The Morgan fingerprint density at radius 2 is 1.90 bits per heavy atom. The Morgan fingerprint density at radius 3 is 2.52 bits per heavy atom. The smallest absolute Gasteiger partial charge is 0.331 e. The molecule has 0 aliphatic carbocycles. The molecule has 0 aliphatic heterocycles. The van der Waals surface area contributed by atoms with Crippen LogP contribution in [0.2, 0.25) is 0 Å². The second-order valence-electron chi connectivity index (χ2n) is 5.01. The predicted octanol–water partition coefficient (Wildman–Crippen LogP) is 2.63. The standard InChI is InChI=1S/C17H23NO3/c1-4-8-16(19)21-14(3)17(20)18-13(2)11-12-15-9-6-5-7-10-15/h4-10,13-14H,11-12H2,1-3H3,(H,18,20)/b8-4+. The van der Waals surface area contributed by atoms with E-state index >= 15 is 0 Å². The molecule has 0 radical (unpaired) electrons. The maximum atomic E-state index is 11.9. The highest BCUT2D eigenvalue weighted by molar-refractivity contribution is 5.87. The number of carbonyl (C=O) groups is 2. The second-order valence-corrected chi connectivity index (χ2v) is 5.01. The first-order valence-electron chi connectivity index (χ1n) is 7.20. The minimum absolute atomic E-state index is 0.0283. The quantitative estimate of drug-likeness (QED) is 0.620. The Balaban J connectivity index is 2.34. The molecule has 1 rings (SSSR count). The van der Waals surface area contributed by atoms with Crippen LogP contribution in [0.25, 0.3) is 0 Å². The van der Waals surface area contributed by atoms with E-state index in [1.807, 2.05) is 25.1 Å². The van der Waals surface area contributed by atoms with Gasteiger partial charge in [0.05, 0.1) is 0 Å². The highest BCUT2D eigenvalue weighted by Gasteiger charge is 2.18. The molecule has 1 N–H and O–H groups in total. The summed E-state index contributed by atoms with van der Waals surface area (Å²) in [5.74, 6) is -0.773. The average Bonchev–Trinajstić information content (AvgIpc) is 2.46. The van der Waals surface area contributed by atoms with Gasteiger partial charge >= 0.3 is 5.97 Å². The molecule has 0 heterocycles. The Kier molecular flexibility index (Phi) is 7.23. The number of amides is 1. The SMILES string of the molecule is C/C=C/C(=O)OC(C)C(=O)NC(C)CCc1ccccc1. The van der Waals surface area contributed by atoms with E-state index in [-0.39, 0.29) is 11.9 Å². The number of hydrogen-bond acceptors (Lipinski definition) is 3. The number of ether oxygens (including phenoxy) is 1. The summed E-state index contributed by atoms with van der Waals surface area (Å²) in [6, 6.07) is 10.1. The summed E-state index contributed by atoms with van der Waals surface area (Å²) in [7, 11) is 0. The Labute approximate surface area is 126 Å². The number of esters is 1. The summed E-state index contributed by atoms with van der Waals surface area (Å²) >= 11 is 0. The number of rotatable bonds is 7. The molecule has 1 amide bonds. The molecular weight excluding hydrogens is 266 g/mol. The molecule has 2 unspecified atom stereocenters. The highest BCUT2D eigenvalue weighted by Crippen LogP contribution is 2.05. The molecule has 114 valence electrons. The highest BCUT2D eigenvalue weighted by atomic mass is 16.5. The molecule has 0 spiro atoms. The lowest BCUT2D eigenvalue weighted by molar-refractivity contribution is -0.150. The van der Waals surface area contributed by atoms with Crippen LogP contribution in [0.15, 0.2) is 42.5 Å². The summed E-state index contributed by atoms with van der Waals surface area (Å²) in [5, 5.41) is 2.86. The summed E-state index contributed by atoms with van der Waals surface area (Å²) in [6.07, 6.45) is 3.83. The Bertz CT molecular complexity index is 482. The number of aryl methyl sites for hydroxylation is 1. The third-order valence-corrected chi connectivity index (χ3v) is 3.06. The molecule has 0 saturated heterocycles. The van der Waals surface area contributed by atoms with Crippen LogP contribution in [-0.2, 0) is 20.7 Å². The van der Waals surface area contributed by atoms with E-state index in [2.05, 4.69) is 17.4 Å². The van der Waals surface area contributed by atoms with E-state index in [9.17, 15) is 9.59 Å². The molecule has 1 aromatic rings. The molecule has 0 aromatic heterocycles. The van der Waals surface area contributed by atoms with Crippen LogP contribution < -0.4 is 5.32 Å². The van der Waals surface area contributed by atoms with E-state index in [0.717, 1.165) is 12.8 Å². The van der Waals surface area contributed by atoms with Crippen molar-refractivity contribution in [3.8, 4) is 0 Å². The van der Waals surface area contributed by atoms with Gasteiger partial charge in [0.2, 0.25) is 0 Å². The maximum Gasteiger partial charge on any atom is 0.331 e. The second kappa shape index (κ2) is 8.95. The van der Waals surface area contributed by atoms with Crippen molar-refractivity contribution in [1.29, 1.82) is 0 Å². The van der Waals surface area contributed by atoms with Crippen LogP contribution in [-0.4, -0.2) is 24.0 Å². The number of hydrogen-bond donors (Lipinski definition) is 1. The van der Waals surface area contributed by atoms with Gasteiger partial charge in [0.15, 0.2) is 6.10 Å². The first kappa shape index (κ1) is 17.0. The van der Waals surface area contributed by atoms with E-state index < -0.39 is 12.1 Å². The molecular formula is C17H23NO3. The Hall–Kier alpha value is -2.10. The molecule has 0 aliphatic rings. The molecule has 21 heavy (non-hydrogen) atoms. The molecule has 2 atom stereocenters. The van der Waals surface area contributed by atoms with Crippen molar-refractivity contribution in [3.63, 3.8) is 0 Å². The minimum Gasteiger partial charge on any atom is -0.449 e. The molecule has 0 fully saturated rings. The normalized spacial score (nSPS) is 13.7. The van der Waals surface area contributed by atoms with E-state index in [1.165, 1.54) is 11.6 Å². The third-order valence-electron chi connectivity index (χ3n) is 3.06. The van der Waals surface area contributed by atoms with E-state index in [0.29, 0.717) is 0 Å². The van der Waals surface area contributed by atoms with Gasteiger partial charge in [-0.2, -0.15) is 0 Å². The van der Waals surface area contributed by atoms with Crippen molar-refractivity contribution < 1.29 is 14.3 Å².